The molecular formula is C13H13N5OS. The summed E-state index contributed by atoms with van der Waals surface area (Å²) in [5, 5.41) is 7.50. The molecule has 2 aromatic heterocycles. The van der Waals surface area contributed by atoms with Gasteiger partial charge in [-0.15, -0.1) is 11.3 Å². The number of hydrogen-bond acceptors (Lipinski definition) is 5. The molecule has 0 bridgehead atoms. The summed E-state index contributed by atoms with van der Waals surface area (Å²) in [6.45, 7) is 0.398. The summed E-state index contributed by atoms with van der Waals surface area (Å²) >= 11 is 1.46. The van der Waals surface area contributed by atoms with Crippen LogP contribution in [0.15, 0.2) is 30.6 Å². The first kappa shape index (κ1) is 12.6. The van der Waals surface area contributed by atoms with Gasteiger partial charge >= 0.3 is 0 Å². The second-order valence-corrected chi connectivity index (χ2v) is 5.59. The number of nitrogens with zero attached hydrogens (tertiary/aromatic N) is 3. The van der Waals surface area contributed by atoms with Crippen LogP contribution in [0, 0.1) is 0 Å². The first-order valence-electron chi connectivity index (χ1n) is 6.02. The van der Waals surface area contributed by atoms with E-state index in [-0.39, 0.29) is 5.91 Å². The van der Waals surface area contributed by atoms with E-state index >= 15 is 0 Å². The molecule has 0 saturated heterocycles. The Morgan fingerprint density at radius 1 is 1.45 bits per heavy atom. The Bertz CT molecular complexity index is 749. The number of H-pyrrole nitrogens is 1. The number of benzene rings is 1. The molecule has 0 spiro atoms. The number of thiophene rings is 1. The number of nitrogen functional groups attached to an aromatic ring is 1. The van der Waals surface area contributed by atoms with Crippen LogP contribution in [-0.2, 0) is 6.54 Å². The number of amides is 1. The quantitative estimate of drug-likeness (QED) is 0.720. The molecule has 1 amide bonds. The van der Waals surface area contributed by atoms with Gasteiger partial charge in [0.15, 0.2) is 0 Å². The Morgan fingerprint density at radius 3 is 3.05 bits per heavy atom. The van der Waals surface area contributed by atoms with Gasteiger partial charge in [-0.1, -0.05) is 0 Å². The Balaban J connectivity index is 1.84. The molecule has 0 aliphatic carbocycles. The Hall–Kier alpha value is -2.41. The molecule has 0 radical (unpaired) electrons. The van der Waals surface area contributed by atoms with E-state index in [4.69, 9.17) is 5.73 Å². The maximum atomic E-state index is 12.4. The molecule has 3 N–H and O–H groups in total. The molecule has 20 heavy (non-hydrogen) atoms. The fraction of sp³-hybridized carbons (Fsp3) is 0.154. The largest absolute Gasteiger partial charge is 0.399 e. The molecule has 0 aliphatic rings. The number of rotatable bonds is 3. The molecule has 0 atom stereocenters. The summed E-state index contributed by atoms with van der Waals surface area (Å²) in [5.74, 6) is 0.618. The lowest BCUT2D eigenvalue weighted by molar-refractivity contribution is 0.0786. The number of nitrogens with two attached hydrogens (primary N) is 1. The summed E-state index contributed by atoms with van der Waals surface area (Å²) < 4.78 is 1.05. The van der Waals surface area contributed by atoms with Gasteiger partial charge in [-0.25, -0.2) is 4.98 Å². The van der Waals surface area contributed by atoms with Crippen LogP contribution in [0.2, 0.25) is 0 Å². The molecule has 0 unspecified atom stereocenters. The van der Waals surface area contributed by atoms with Crippen LogP contribution in [-0.4, -0.2) is 33.0 Å². The summed E-state index contributed by atoms with van der Waals surface area (Å²) in [6.07, 6.45) is 1.43. The normalized spacial score (nSPS) is 10.8. The highest BCUT2D eigenvalue weighted by Gasteiger charge is 2.16. The molecule has 0 saturated carbocycles. The fourth-order valence-electron chi connectivity index (χ4n) is 1.96. The van der Waals surface area contributed by atoms with E-state index < -0.39 is 0 Å². The van der Waals surface area contributed by atoms with Crippen LogP contribution >= 0.6 is 11.3 Å². The van der Waals surface area contributed by atoms with Gasteiger partial charge in [0.1, 0.15) is 12.2 Å². The first-order chi connectivity index (χ1) is 9.63. The lowest BCUT2D eigenvalue weighted by Crippen LogP contribution is -2.25. The van der Waals surface area contributed by atoms with Crippen LogP contribution in [0.5, 0.6) is 0 Å². The molecular weight excluding hydrogens is 274 g/mol. The van der Waals surface area contributed by atoms with Crippen LogP contribution in [0.4, 0.5) is 5.69 Å². The van der Waals surface area contributed by atoms with E-state index in [1.165, 1.54) is 17.7 Å². The number of anilines is 1. The summed E-state index contributed by atoms with van der Waals surface area (Å²) in [7, 11) is 1.74. The Morgan fingerprint density at radius 2 is 2.30 bits per heavy atom. The van der Waals surface area contributed by atoms with E-state index in [1.807, 2.05) is 24.3 Å². The molecule has 7 heteroatoms. The summed E-state index contributed by atoms with van der Waals surface area (Å²) in [5.41, 5.74) is 6.45. The minimum atomic E-state index is -0.0406. The third-order valence-electron chi connectivity index (χ3n) is 2.95. The van der Waals surface area contributed by atoms with Crippen LogP contribution < -0.4 is 5.73 Å². The molecule has 3 rings (SSSR count). The topological polar surface area (TPSA) is 87.9 Å². The Kier molecular flexibility index (Phi) is 3.11. The van der Waals surface area contributed by atoms with Crippen molar-refractivity contribution in [1.82, 2.24) is 20.1 Å². The highest BCUT2D eigenvalue weighted by atomic mass is 32.1. The average molecular weight is 287 g/mol. The van der Waals surface area contributed by atoms with Gasteiger partial charge in [-0.3, -0.25) is 9.89 Å². The maximum Gasteiger partial charge on any atom is 0.264 e. The molecule has 0 aliphatic heterocycles. The minimum Gasteiger partial charge on any atom is -0.399 e. The monoisotopic (exact) mass is 287 g/mol. The number of nitrogens with one attached hydrogen (secondary N) is 1. The summed E-state index contributed by atoms with van der Waals surface area (Å²) in [6, 6.07) is 7.52. The zero-order chi connectivity index (χ0) is 14.1. The molecule has 3 aromatic rings. The van der Waals surface area contributed by atoms with Crippen molar-refractivity contribution in [3.05, 3.63) is 41.3 Å². The van der Waals surface area contributed by atoms with Gasteiger partial charge in [0.05, 0.1) is 11.4 Å². The first-order valence-corrected chi connectivity index (χ1v) is 6.84. The highest BCUT2D eigenvalue weighted by Crippen LogP contribution is 2.28. The average Bonchev–Trinajstić information content (AvgIpc) is 3.06. The minimum absolute atomic E-state index is 0.0406. The number of aromatic nitrogens is 3. The van der Waals surface area contributed by atoms with Gasteiger partial charge in [-0.2, -0.15) is 5.10 Å². The number of hydrogen-bond donors (Lipinski definition) is 2. The zero-order valence-corrected chi connectivity index (χ0v) is 11.6. The molecule has 102 valence electrons. The van der Waals surface area contributed by atoms with Gasteiger partial charge in [-0.05, 0) is 29.7 Å². The van der Waals surface area contributed by atoms with Crippen molar-refractivity contribution in [1.29, 1.82) is 0 Å². The van der Waals surface area contributed by atoms with E-state index in [2.05, 4.69) is 15.2 Å². The maximum absolute atomic E-state index is 12.4. The Labute approximate surface area is 119 Å². The predicted octanol–water partition coefficient (Wildman–Crippen LogP) is 1.87. The lowest BCUT2D eigenvalue weighted by Gasteiger charge is -2.13. The van der Waals surface area contributed by atoms with Gasteiger partial charge < -0.3 is 10.6 Å². The van der Waals surface area contributed by atoms with Crippen molar-refractivity contribution in [3.8, 4) is 0 Å². The van der Waals surface area contributed by atoms with E-state index in [9.17, 15) is 4.79 Å². The summed E-state index contributed by atoms with van der Waals surface area (Å²) in [4.78, 5) is 18.7. The van der Waals surface area contributed by atoms with Crippen molar-refractivity contribution in [2.45, 2.75) is 6.54 Å². The molecule has 2 heterocycles. The van der Waals surface area contributed by atoms with Crippen molar-refractivity contribution in [3.63, 3.8) is 0 Å². The molecule has 0 fully saturated rings. The number of carbonyl (C=O) groups is 1. The highest BCUT2D eigenvalue weighted by molar-refractivity contribution is 7.20. The number of fused-ring (bicyclic) bond motifs is 1. The number of carbonyl (C=O) groups excluding carboxylic acids is 1. The van der Waals surface area contributed by atoms with Gasteiger partial charge in [0.2, 0.25) is 0 Å². The van der Waals surface area contributed by atoms with Crippen molar-refractivity contribution in [2.75, 3.05) is 12.8 Å². The third-order valence-corrected chi connectivity index (χ3v) is 4.05. The molecule has 6 nitrogen and oxygen atoms in total. The van der Waals surface area contributed by atoms with E-state index in [1.54, 1.807) is 11.9 Å². The van der Waals surface area contributed by atoms with E-state index in [0.29, 0.717) is 22.9 Å². The van der Waals surface area contributed by atoms with Crippen molar-refractivity contribution in [2.24, 2.45) is 0 Å². The van der Waals surface area contributed by atoms with Crippen LogP contribution in [0.1, 0.15) is 15.5 Å². The molecule has 1 aromatic carbocycles. The predicted molar refractivity (Wildman–Crippen MR) is 78.4 cm³/mol. The zero-order valence-electron chi connectivity index (χ0n) is 10.8. The standard InChI is InChI=1S/C13H13N5OS/c1-18(6-12-15-7-16-17-12)13(19)11-5-8-4-9(14)2-3-10(8)20-11/h2-5,7H,6,14H2,1H3,(H,15,16,17). The smallest absolute Gasteiger partial charge is 0.264 e. The van der Waals surface area contributed by atoms with Gasteiger partial charge in [0.25, 0.3) is 5.91 Å². The van der Waals surface area contributed by atoms with Crippen molar-refractivity contribution >= 4 is 33.0 Å². The van der Waals surface area contributed by atoms with Crippen LogP contribution in [0.25, 0.3) is 10.1 Å². The third kappa shape index (κ3) is 2.35. The van der Waals surface area contributed by atoms with Gasteiger partial charge in [0, 0.05) is 17.4 Å². The fourth-order valence-corrected chi connectivity index (χ4v) is 3.00. The number of aromatic amines is 1. The SMILES string of the molecule is CN(Cc1ncn[nH]1)C(=O)c1cc2cc(N)ccc2s1. The van der Waals surface area contributed by atoms with E-state index in [0.717, 1.165) is 10.1 Å². The van der Waals surface area contributed by atoms with Crippen molar-refractivity contribution < 1.29 is 4.79 Å². The lowest BCUT2D eigenvalue weighted by atomic mass is 10.2. The second kappa shape index (κ2) is 4.93. The second-order valence-electron chi connectivity index (χ2n) is 4.50. The van der Waals surface area contributed by atoms with Crippen LogP contribution in [0.3, 0.4) is 0 Å².